The number of hydrogen-bond acceptors (Lipinski definition) is 5. The minimum absolute atomic E-state index is 0.451. The SMILES string of the molecule is COC(=O)CS(=O)(=O)NC(C)c1cn[nH]c1. The molecule has 1 rings (SSSR count). The molecule has 1 unspecified atom stereocenters. The molecule has 0 amide bonds. The molecule has 0 aliphatic rings. The van der Waals surface area contributed by atoms with Crippen molar-refractivity contribution in [2.45, 2.75) is 13.0 Å². The fraction of sp³-hybridized carbons (Fsp3) is 0.500. The molecule has 90 valence electrons. The van der Waals surface area contributed by atoms with Crippen molar-refractivity contribution in [1.29, 1.82) is 0 Å². The largest absolute Gasteiger partial charge is 0.468 e. The fourth-order valence-electron chi connectivity index (χ4n) is 1.09. The van der Waals surface area contributed by atoms with E-state index in [1.54, 1.807) is 13.1 Å². The molecular formula is C8H13N3O4S. The molecule has 1 atom stereocenters. The van der Waals surface area contributed by atoms with Crippen LogP contribution in [0.2, 0.25) is 0 Å². The van der Waals surface area contributed by atoms with Crippen molar-refractivity contribution in [1.82, 2.24) is 14.9 Å². The number of methoxy groups -OCH3 is 1. The molecule has 1 aromatic heterocycles. The van der Waals surface area contributed by atoms with Crippen molar-refractivity contribution in [3.63, 3.8) is 0 Å². The van der Waals surface area contributed by atoms with Gasteiger partial charge in [0.25, 0.3) is 0 Å². The Bertz CT molecular complexity index is 440. The van der Waals surface area contributed by atoms with E-state index in [-0.39, 0.29) is 0 Å². The lowest BCUT2D eigenvalue weighted by Gasteiger charge is -2.11. The van der Waals surface area contributed by atoms with Gasteiger partial charge in [0, 0.05) is 17.8 Å². The Morgan fingerprint density at radius 1 is 1.69 bits per heavy atom. The van der Waals surface area contributed by atoms with Crippen molar-refractivity contribution in [2.75, 3.05) is 12.9 Å². The standard InChI is InChI=1S/C8H13N3O4S/c1-6(7-3-9-10-4-7)11-16(13,14)5-8(12)15-2/h3-4,6,11H,5H2,1-2H3,(H,9,10). The Labute approximate surface area is 93.2 Å². The van der Waals surface area contributed by atoms with Crippen LogP contribution in [0.1, 0.15) is 18.5 Å². The van der Waals surface area contributed by atoms with Crippen molar-refractivity contribution in [3.8, 4) is 0 Å². The van der Waals surface area contributed by atoms with Gasteiger partial charge in [-0.3, -0.25) is 9.89 Å². The highest BCUT2D eigenvalue weighted by Crippen LogP contribution is 2.10. The number of carbonyl (C=O) groups excluding carboxylic acids is 1. The molecule has 8 heteroatoms. The van der Waals surface area contributed by atoms with Crippen molar-refractivity contribution in [2.24, 2.45) is 0 Å². The highest BCUT2D eigenvalue weighted by atomic mass is 32.2. The van der Waals surface area contributed by atoms with Gasteiger partial charge in [-0.25, -0.2) is 13.1 Å². The monoisotopic (exact) mass is 247 g/mol. The number of esters is 1. The smallest absolute Gasteiger partial charge is 0.322 e. The first-order valence-corrected chi connectivity index (χ1v) is 6.15. The van der Waals surface area contributed by atoms with Crippen LogP contribution in [0.25, 0.3) is 0 Å². The maximum absolute atomic E-state index is 11.5. The van der Waals surface area contributed by atoms with Crippen LogP contribution in [0.4, 0.5) is 0 Å². The molecule has 0 aliphatic carbocycles. The summed E-state index contributed by atoms with van der Waals surface area (Å²) >= 11 is 0. The zero-order valence-electron chi connectivity index (χ0n) is 8.93. The number of carbonyl (C=O) groups is 1. The number of nitrogens with one attached hydrogen (secondary N) is 2. The Balaban J connectivity index is 2.63. The van der Waals surface area contributed by atoms with E-state index >= 15 is 0 Å². The van der Waals surface area contributed by atoms with Gasteiger partial charge in [-0.15, -0.1) is 0 Å². The highest BCUT2D eigenvalue weighted by Gasteiger charge is 2.20. The van der Waals surface area contributed by atoms with Gasteiger partial charge in [0.05, 0.1) is 13.3 Å². The molecule has 16 heavy (non-hydrogen) atoms. The topological polar surface area (TPSA) is 101 Å². The molecule has 0 saturated carbocycles. The predicted octanol–water partition coefficient (Wildman–Crippen LogP) is -0.437. The normalized spacial score (nSPS) is 13.4. The summed E-state index contributed by atoms with van der Waals surface area (Å²) in [7, 11) is -2.55. The van der Waals surface area contributed by atoms with Gasteiger partial charge in [0.2, 0.25) is 10.0 Å². The van der Waals surface area contributed by atoms with E-state index in [2.05, 4.69) is 19.7 Å². The van der Waals surface area contributed by atoms with Crippen LogP contribution in [0.3, 0.4) is 0 Å². The second-order valence-electron chi connectivity index (χ2n) is 3.21. The maximum atomic E-state index is 11.5. The minimum Gasteiger partial charge on any atom is -0.468 e. The lowest BCUT2D eigenvalue weighted by Crippen LogP contribution is -2.32. The van der Waals surface area contributed by atoms with Crippen LogP contribution < -0.4 is 4.72 Å². The molecule has 0 bridgehead atoms. The van der Waals surface area contributed by atoms with E-state index in [0.717, 1.165) is 7.11 Å². The predicted molar refractivity (Wildman–Crippen MR) is 55.9 cm³/mol. The zero-order valence-corrected chi connectivity index (χ0v) is 9.74. The Hall–Kier alpha value is -1.41. The van der Waals surface area contributed by atoms with Gasteiger partial charge in [0.15, 0.2) is 5.75 Å². The summed E-state index contributed by atoms with van der Waals surface area (Å²) in [6.07, 6.45) is 3.08. The van der Waals surface area contributed by atoms with Crippen molar-refractivity contribution < 1.29 is 17.9 Å². The van der Waals surface area contributed by atoms with E-state index in [1.807, 2.05) is 0 Å². The number of aromatic nitrogens is 2. The van der Waals surface area contributed by atoms with Gasteiger partial charge >= 0.3 is 5.97 Å². The minimum atomic E-state index is -3.68. The van der Waals surface area contributed by atoms with Gasteiger partial charge in [-0.2, -0.15) is 5.10 Å². The molecule has 7 nitrogen and oxygen atoms in total. The van der Waals surface area contributed by atoms with Crippen LogP contribution >= 0.6 is 0 Å². The zero-order chi connectivity index (χ0) is 12.2. The Kier molecular flexibility index (Phi) is 4.02. The molecule has 0 spiro atoms. The van der Waals surface area contributed by atoms with E-state index in [0.29, 0.717) is 5.56 Å². The van der Waals surface area contributed by atoms with E-state index < -0.39 is 27.8 Å². The lowest BCUT2D eigenvalue weighted by molar-refractivity contribution is -0.137. The van der Waals surface area contributed by atoms with Gasteiger partial charge < -0.3 is 4.74 Å². The first-order valence-electron chi connectivity index (χ1n) is 4.50. The highest BCUT2D eigenvalue weighted by molar-refractivity contribution is 7.90. The summed E-state index contributed by atoms with van der Waals surface area (Å²) in [5.74, 6) is -1.49. The summed E-state index contributed by atoms with van der Waals surface area (Å²) in [6, 6.07) is -0.451. The van der Waals surface area contributed by atoms with Crippen LogP contribution in [0, 0.1) is 0 Å². The molecule has 1 aromatic rings. The lowest BCUT2D eigenvalue weighted by atomic mass is 10.2. The molecule has 0 aromatic carbocycles. The van der Waals surface area contributed by atoms with E-state index in [4.69, 9.17) is 0 Å². The number of nitrogens with zero attached hydrogens (tertiary/aromatic N) is 1. The molecule has 0 saturated heterocycles. The van der Waals surface area contributed by atoms with Crippen LogP contribution in [-0.2, 0) is 19.6 Å². The summed E-state index contributed by atoms with van der Waals surface area (Å²) in [5, 5.41) is 6.27. The average molecular weight is 247 g/mol. The van der Waals surface area contributed by atoms with E-state index in [9.17, 15) is 13.2 Å². The number of hydrogen-bond donors (Lipinski definition) is 2. The summed E-state index contributed by atoms with van der Waals surface area (Å²) in [6.45, 7) is 1.65. The van der Waals surface area contributed by atoms with Crippen molar-refractivity contribution >= 4 is 16.0 Å². The number of sulfonamides is 1. The molecule has 1 heterocycles. The molecule has 2 N–H and O–H groups in total. The molecule has 0 fully saturated rings. The quantitative estimate of drug-likeness (QED) is 0.687. The third-order valence-corrected chi connectivity index (χ3v) is 3.24. The third-order valence-electron chi connectivity index (χ3n) is 1.91. The fourth-order valence-corrected chi connectivity index (χ4v) is 2.28. The van der Waals surface area contributed by atoms with Gasteiger partial charge in [-0.05, 0) is 6.92 Å². The number of H-pyrrole nitrogens is 1. The third kappa shape index (κ3) is 3.63. The Morgan fingerprint density at radius 3 is 2.88 bits per heavy atom. The van der Waals surface area contributed by atoms with Crippen molar-refractivity contribution in [3.05, 3.63) is 18.0 Å². The first-order chi connectivity index (χ1) is 7.44. The number of rotatable bonds is 5. The summed E-state index contributed by atoms with van der Waals surface area (Å²) in [4.78, 5) is 10.8. The number of ether oxygens (including phenoxy) is 1. The average Bonchev–Trinajstić information content (AvgIpc) is 2.68. The van der Waals surface area contributed by atoms with Gasteiger partial charge in [-0.1, -0.05) is 0 Å². The molecule has 0 aliphatic heterocycles. The number of aromatic amines is 1. The first kappa shape index (κ1) is 12.7. The van der Waals surface area contributed by atoms with E-state index in [1.165, 1.54) is 6.20 Å². The molecule has 0 radical (unpaired) electrons. The Morgan fingerprint density at radius 2 is 2.38 bits per heavy atom. The van der Waals surface area contributed by atoms with Crippen LogP contribution in [0.15, 0.2) is 12.4 Å². The summed E-state index contributed by atoms with van der Waals surface area (Å²) in [5.41, 5.74) is 0.688. The van der Waals surface area contributed by atoms with Crippen LogP contribution in [-0.4, -0.2) is 37.4 Å². The second-order valence-corrected chi connectivity index (χ2v) is 4.96. The van der Waals surface area contributed by atoms with Crippen LogP contribution in [0.5, 0.6) is 0 Å². The second kappa shape index (κ2) is 5.08. The maximum Gasteiger partial charge on any atom is 0.322 e. The summed E-state index contributed by atoms with van der Waals surface area (Å²) < 4.78 is 29.5. The molecular weight excluding hydrogens is 234 g/mol. The van der Waals surface area contributed by atoms with Gasteiger partial charge in [0.1, 0.15) is 0 Å².